The molecule has 3 rings (SSSR count). The molecule has 0 atom stereocenters. The topological polar surface area (TPSA) is 82.8 Å². The van der Waals surface area contributed by atoms with Crippen molar-refractivity contribution in [2.24, 2.45) is 0 Å². The molecule has 0 saturated carbocycles. The molecular weight excluding hydrogens is 324 g/mol. The lowest BCUT2D eigenvalue weighted by atomic mass is 10.1. The zero-order chi connectivity index (χ0) is 18.0. The quantitative estimate of drug-likeness (QED) is 0.538. The first kappa shape index (κ1) is 16.4. The minimum absolute atomic E-state index is 0.0186. The molecule has 25 heavy (non-hydrogen) atoms. The maximum atomic E-state index is 12.6. The predicted octanol–water partition coefficient (Wildman–Crippen LogP) is 3.31. The molecule has 0 spiro atoms. The summed E-state index contributed by atoms with van der Waals surface area (Å²) in [6.07, 6.45) is 0. The van der Waals surface area contributed by atoms with Crippen molar-refractivity contribution in [3.8, 4) is 22.8 Å². The Morgan fingerprint density at radius 2 is 1.60 bits per heavy atom. The van der Waals surface area contributed by atoms with Crippen LogP contribution in [0.15, 0.2) is 57.7 Å². The van der Waals surface area contributed by atoms with Gasteiger partial charge < -0.3 is 13.9 Å². The zero-order valence-corrected chi connectivity index (χ0v) is 13.6. The van der Waals surface area contributed by atoms with E-state index in [4.69, 9.17) is 13.9 Å². The molecule has 0 N–H and O–H groups in total. The summed E-state index contributed by atoms with van der Waals surface area (Å²) in [5, 5.41) is 0.0358. The second kappa shape index (κ2) is 6.60. The van der Waals surface area contributed by atoms with Gasteiger partial charge in [0.15, 0.2) is 16.9 Å². The standard InChI is InChI=1S/C19H14O6/c1-11(20)23-16-9-8-15-18(19(16)24-12(2)21)14(22)10-17(25-15)13-6-4-3-5-7-13/h3-10H,1-2H3. The first-order chi connectivity index (χ1) is 12.0. The first-order valence-electron chi connectivity index (χ1n) is 7.49. The number of benzene rings is 2. The van der Waals surface area contributed by atoms with Crippen molar-refractivity contribution in [2.45, 2.75) is 13.8 Å². The van der Waals surface area contributed by atoms with E-state index in [2.05, 4.69) is 0 Å². The second-order valence-corrected chi connectivity index (χ2v) is 5.29. The fourth-order valence-corrected chi connectivity index (χ4v) is 2.43. The van der Waals surface area contributed by atoms with Crippen LogP contribution in [0.5, 0.6) is 11.5 Å². The third-order valence-electron chi connectivity index (χ3n) is 3.37. The van der Waals surface area contributed by atoms with E-state index in [1.54, 1.807) is 0 Å². The molecule has 6 heteroatoms. The molecular formula is C19H14O6. The Balaban J connectivity index is 2.25. The largest absolute Gasteiger partial charge is 0.456 e. The summed E-state index contributed by atoms with van der Waals surface area (Å²) < 4.78 is 15.9. The molecule has 0 amide bonds. The molecule has 1 heterocycles. The van der Waals surface area contributed by atoms with Gasteiger partial charge in [0.25, 0.3) is 0 Å². The second-order valence-electron chi connectivity index (χ2n) is 5.29. The monoisotopic (exact) mass is 338 g/mol. The molecule has 1 aromatic heterocycles. The van der Waals surface area contributed by atoms with Crippen LogP contribution >= 0.6 is 0 Å². The summed E-state index contributed by atoms with van der Waals surface area (Å²) >= 11 is 0. The Hall–Kier alpha value is -3.41. The van der Waals surface area contributed by atoms with Gasteiger partial charge in [0.2, 0.25) is 0 Å². The van der Waals surface area contributed by atoms with E-state index in [0.717, 1.165) is 5.56 Å². The van der Waals surface area contributed by atoms with Crippen LogP contribution in [0.2, 0.25) is 0 Å². The Morgan fingerprint density at radius 1 is 0.920 bits per heavy atom. The van der Waals surface area contributed by atoms with Gasteiger partial charge in [0.1, 0.15) is 16.7 Å². The highest BCUT2D eigenvalue weighted by molar-refractivity contribution is 5.91. The molecule has 6 nitrogen and oxygen atoms in total. The Kier molecular flexibility index (Phi) is 4.35. The molecule has 0 radical (unpaired) electrons. The molecule has 0 saturated heterocycles. The summed E-state index contributed by atoms with van der Waals surface area (Å²) in [5.41, 5.74) is 0.545. The van der Waals surface area contributed by atoms with Crippen LogP contribution < -0.4 is 14.9 Å². The van der Waals surface area contributed by atoms with Crippen LogP contribution in [-0.4, -0.2) is 11.9 Å². The molecule has 0 aliphatic rings. The van der Waals surface area contributed by atoms with Gasteiger partial charge in [-0.1, -0.05) is 30.3 Å². The van der Waals surface area contributed by atoms with E-state index in [0.29, 0.717) is 5.76 Å². The van der Waals surface area contributed by atoms with E-state index in [-0.39, 0.29) is 22.5 Å². The van der Waals surface area contributed by atoms with E-state index in [1.807, 2.05) is 30.3 Å². The minimum Gasteiger partial charge on any atom is -0.456 e. The maximum absolute atomic E-state index is 12.6. The van der Waals surface area contributed by atoms with Crippen molar-refractivity contribution < 1.29 is 23.5 Å². The highest BCUT2D eigenvalue weighted by Crippen LogP contribution is 2.35. The molecule has 0 bridgehead atoms. The van der Waals surface area contributed by atoms with Crippen molar-refractivity contribution in [1.82, 2.24) is 0 Å². The van der Waals surface area contributed by atoms with Crippen LogP contribution in [0.25, 0.3) is 22.3 Å². The molecule has 126 valence electrons. The predicted molar refractivity (Wildman–Crippen MR) is 90.5 cm³/mol. The van der Waals surface area contributed by atoms with Gasteiger partial charge >= 0.3 is 11.9 Å². The molecule has 0 unspecified atom stereocenters. The fourth-order valence-electron chi connectivity index (χ4n) is 2.43. The highest BCUT2D eigenvalue weighted by atomic mass is 16.6. The molecule has 2 aromatic carbocycles. The molecule has 0 fully saturated rings. The maximum Gasteiger partial charge on any atom is 0.308 e. The third-order valence-corrected chi connectivity index (χ3v) is 3.37. The van der Waals surface area contributed by atoms with Gasteiger partial charge in [0.05, 0.1) is 0 Å². The Labute approximate surface area is 142 Å². The number of rotatable bonds is 3. The number of hydrogen-bond donors (Lipinski definition) is 0. The van der Waals surface area contributed by atoms with Gasteiger partial charge in [-0.05, 0) is 12.1 Å². The fraction of sp³-hybridized carbons (Fsp3) is 0.105. The van der Waals surface area contributed by atoms with Gasteiger partial charge in [-0.15, -0.1) is 0 Å². The van der Waals surface area contributed by atoms with Crippen LogP contribution in [0.1, 0.15) is 13.8 Å². The number of hydrogen-bond acceptors (Lipinski definition) is 6. The van der Waals surface area contributed by atoms with E-state index >= 15 is 0 Å². The number of carbonyl (C=O) groups excluding carboxylic acids is 2. The van der Waals surface area contributed by atoms with Gasteiger partial charge in [-0.25, -0.2) is 0 Å². The lowest BCUT2D eigenvalue weighted by Gasteiger charge is -2.11. The van der Waals surface area contributed by atoms with Crippen LogP contribution in [0.3, 0.4) is 0 Å². The Bertz CT molecular complexity index is 1020. The number of ether oxygens (including phenoxy) is 2. The van der Waals surface area contributed by atoms with Crippen LogP contribution in [-0.2, 0) is 9.59 Å². The summed E-state index contributed by atoms with van der Waals surface area (Å²) in [6, 6.07) is 13.3. The van der Waals surface area contributed by atoms with Crippen molar-refractivity contribution in [1.29, 1.82) is 0 Å². The lowest BCUT2D eigenvalue weighted by molar-refractivity contribution is -0.134. The highest BCUT2D eigenvalue weighted by Gasteiger charge is 2.19. The van der Waals surface area contributed by atoms with E-state index in [1.165, 1.54) is 32.0 Å². The third kappa shape index (κ3) is 3.42. The number of carbonyl (C=O) groups is 2. The summed E-state index contributed by atoms with van der Waals surface area (Å²) in [7, 11) is 0. The van der Waals surface area contributed by atoms with Gasteiger partial charge in [-0.3, -0.25) is 14.4 Å². The minimum atomic E-state index is -0.646. The van der Waals surface area contributed by atoms with Crippen molar-refractivity contribution in [3.05, 3.63) is 58.8 Å². The normalized spacial score (nSPS) is 10.5. The molecule has 0 aliphatic heterocycles. The smallest absolute Gasteiger partial charge is 0.308 e. The summed E-state index contributed by atoms with van der Waals surface area (Å²) in [4.78, 5) is 35.3. The zero-order valence-electron chi connectivity index (χ0n) is 13.6. The number of fused-ring (bicyclic) bond motifs is 1. The van der Waals surface area contributed by atoms with E-state index in [9.17, 15) is 14.4 Å². The summed E-state index contributed by atoms with van der Waals surface area (Å²) in [5.74, 6) is -1.01. The first-order valence-corrected chi connectivity index (χ1v) is 7.49. The van der Waals surface area contributed by atoms with Crippen molar-refractivity contribution in [2.75, 3.05) is 0 Å². The van der Waals surface area contributed by atoms with Gasteiger partial charge in [0, 0.05) is 25.5 Å². The molecule has 0 aliphatic carbocycles. The number of esters is 2. The van der Waals surface area contributed by atoms with Crippen molar-refractivity contribution in [3.63, 3.8) is 0 Å². The molecule has 3 aromatic rings. The van der Waals surface area contributed by atoms with Gasteiger partial charge in [-0.2, -0.15) is 0 Å². The summed E-state index contributed by atoms with van der Waals surface area (Å²) in [6.45, 7) is 2.40. The van der Waals surface area contributed by atoms with E-state index < -0.39 is 17.4 Å². The van der Waals surface area contributed by atoms with Crippen molar-refractivity contribution >= 4 is 22.9 Å². The lowest BCUT2D eigenvalue weighted by Crippen LogP contribution is -2.11. The van der Waals surface area contributed by atoms with Crippen LogP contribution in [0, 0.1) is 0 Å². The van der Waals surface area contributed by atoms with Crippen LogP contribution in [0.4, 0.5) is 0 Å². The average molecular weight is 338 g/mol. The Morgan fingerprint density at radius 3 is 2.24 bits per heavy atom. The average Bonchev–Trinajstić information content (AvgIpc) is 2.56. The SMILES string of the molecule is CC(=O)Oc1ccc2oc(-c3ccccc3)cc(=O)c2c1OC(C)=O.